The molecule has 0 spiro atoms. The van der Waals surface area contributed by atoms with Crippen molar-refractivity contribution >= 4 is 35.3 Å². The van der Waals surface area contributed by atoms with Gasteiger partial charge in [-0.1, -0.05) is 42.1 Å². The molecule has 2 rings (SSSR count). The summed E-state index contributed by atoms with van der Waals surface area (Å²) in [6, 6.07) is 9.82. The van der Waals surface area contributed by atoms with Gasteiger partial charge in [0.25, 0.3) is 0 Å². The molecule has 2 aromatic rings. The van der Waals surface area contributed by atoms with E-state index in [0.29, 0.717) is 10.9 Å². The molecule has 0 aliphatic carbocycles. The Morgan fingerprint density at radius 2 is 2.26 bits per heavy atom. The number of aromatic amines is 1. The largest absolute Gasteiger partial charge is 0.375 e. The van der Waals surface area contributed by atoms with Crippen LogP contribution >= 0.6 is 24.0 Å². The fourth-order valence-electron chi connectivity index (χ4n) is 1.29. The predicted molar refractivity (Wildman–Crippen MR) is 81.0 cm³/mol. The van der Waals surface area contributed by atoms with Crippen molar-refractivity contribution in [2.75, 3.05) is 5.75 Å². The number of hydrazone groups is 1. The summed E-state index contributed by atoms with van der Waals surface area (Å²) in [5.74, 6) is 1.38. The Kier molecular flexibility index (Phi) is 4.87. The van der Waals surface area contributed by atoms with Crippen LogP contribution in [-0.4, -0.2) is 32.3 Å². The molecule has 0 saturated heterocycles. The lowest BCUT2D eigenvalue weighted by atomic mass is 10.2. The van der Waals surface area contributed by atoms with Gasteiger partial charge in [-0.25, -0.2) is 4.98 Å². The Labute approximate surface area is 119 Å². The molecule has 98 valence electrons. The molecular weight excluding hydrogens is 280 g/mol. The first-order chi connectivity index (χ1) is 9.25. The van der Waals surface area contributed by atoms with Gasteiger partial charge in [-0.3, -0.25) is 10.5 Å². The molecule has 6 nitrogen and oxygen atoms in total. The summed E-state index contributed by atoms with van der Waals surface area (Å²) < 4.78 is 0. The maximum absolute atomic E-state index is 5.22. The lowest BCUT2D eigenvalue weighted by Crippen LogP contribution is -2.24. The Balaban J connectivity index is 1.88. The molecule has 0 fully saturated rings. The van der Waals surface area contributed by atoms with E-state index >= 15 is 0 Å². The summed E-state index contributed by atoms with van der Waals surface area (Å²) in [6.07, 6.45) is 1.66. The van der Waals surface area contributed by atoms with Gasteiger partial charge >= 0.3 is 0 Å². The monoisotopic (exact) mass is 292 g/mol. The van der Waals surface area contributed by atoms with Gasteiger partial charge in [0.05, 0.1) is 0 Å². The van der Waals surface area contributed by atoms with Crippen molar-refractivity contribution in [1.82, 2.24) is 20.6 Å². The minimum absolute atomic E-state index is 0.144. The van der Waals surface area contributed by atoms with Gasteiger partial charge in [-0.15, -0.1) is 5.10 Å². The molecule has 0 unspecified atom stereocenters. The average Bonchev–Trinajstić information content (AvgIpc) is 2.88. The van der Waals surface area contributed by atoms with E-state index in [9.17, 15) is 0 Å². The molecule has 0 amide bonds. The molecule has 0 atom stereocenters. The summed E-state index contributed by atoms with van der Waals surface area (Å²) in [5.41, 5.74) is 8.71. The number of nitrogens with one attached hydrogen (secondary N) is 2. The molecule has 0 aliphatic rings. The van der Waals surface area contributed by atoms with Crippen molar-refractivity contribution in [3.05, 3.63) is 30.3 Å². The van der Waals surface area contributed by atoms with E-state index in [4.69, 9.17) is 5.73 Å². The zero-order valence-corrected chi connectivity index (χ0v) is 11.5. The van der Waals surface area contributed by atoms with Gasteiger partial charge in [0.2, 0.25) is 5.16 Å². The third kappa shape index (κ3) is 4.34. The van der Waals surface area contributed by atoms with Crippen LogP contribution in [0.2, 0.25) is 0 Å². The highest BCUT2D eigenvalue weighted by Crippen LogP contribution is 2.17. The van der Waals surface area contributed by atoms with Crippen LogP contribution in [0.3, 0.4) is 0 Å². The van der Waals surface area contributed by atoms with Crippen molar-refractivity contribution in [2.45, 2.75) is 5.16 Å². The molecule has 1 aromatic heterocycles. The fourth-order valence-corrected chi connectivity index (χ4v) is 1.91. The summed E-state index contributed by atoms with van der Waals surface area (Å²) in [6.45, 7) is 0. The third-order valence-corrected chi connectivity index (χ3v) is 2.91. The van der Waals surface area contributed by atoms with Crippen molar-refractivity contribution in [2.24, 2.45) is 10.8 Å². The SMILES string of the molecule is NC(=S)N/N=C/CSc1n[nH]c(-c2ccccc2)n1. The van der Waals surface area contributed by atoms with Crippen LogP contribution in [0.1, 0.15) is 0 Å². The van der Waals surface area contributed by atoms with Crippen LogP contribution in [0, 0.1) is 0 Å². The Bertz CT molecular complexity index is 566. The Morgan fingerprint density at radius 3 is 3.00 bits per heavy atom. The topological polar surface area (TPSA) is 92.0 Å². The zero-order chi connectivity index (χ0) is 13.5. The predicted octanol–water partition coefficient (Wildman–Crippen LogP) is 1.38. The number of thiocarbonyl (C=S) groups is 1. The van der Waals surface area contributed by atoms with Gasteiger partial charge in [0, 0.05) is 17.5 Å². The molecule has 4 N–H and O–H groups in total. The van der Waals surface area contributed by atoms with Gasteiger partial charge < -0.3 is 5.73 Å². The molecule has 0 bridgehead atoms. The van der Waals surface area contributed by atoms with Crippen molar-refractivity contribution in [3.63, 3.8) is 0 Å². The van der Waals surface area contributed by atoms with Crippen molar-refractivity contribution in [3.8, 4) is 11.4 Å². The van der Waals surface area contributed by atoms with Gasteiger partial charge in [0.15, 0.2) is 10.9 Å². The summed E-state index contributed by atoms with van der Waals surface area (Å²) in [7, 11) is 0. The van der Waals surface area contributed by atoms with E-state index in [0.717, 1.165) is 11.4 Å². The highest BCUT2D eigenvalue weighted by Gasteiger charge is 2.04. The van der Waals surface area contributed by atoms with Crippen LogP contribution in [0.15, 0.2) is 40.6 Å². The number of hydrogen-bond donors (Lipinski definition) is 3. The first-order valence-electron chi connectivity index (χ1n) is 5.43. The van der Waals surface area contributed by atoms with Crippen molar-refractivity contribution < 1.29 is 0 Å². The lowest BCUT2D eigenvalue weighted by Gasteiger charge is -1.93. The Hall–Kier alpha value is -1.93. The minimum Gasteiger partial charge on any atom is -0.375 e. The molecule has 0 aliphatic heterocycles. The number of nitrogens with two attached hydrogens (primary N) is 1. The number of nitrogens with zero attached hydrogens (tertiary/aromatic N) is 3. The first kappa shape index (κ1) is 13.5. The number of thioether (sulfide) groups is 1. The maximum Gasteiger partial charge on any atom is 0.209 e. The molecule has 1 aromatic carbocycles. The highest BCUT2D eigenvalue weighted by molar-refractivity contribution is 7.99. The number of rotatable bonds is 5. The van der Waals surface area contributed by atoms with E-state index in [-0.39, 0.29) is 5.11 Å². The molecule has 0 radical (unpaired) electrons. The second kappa shape index (κ2) is 6.86. The molecule has 8 heteroatoms. The van der Waals surface area contributed by atoms with Gasteiger partial charge in [0.1, 0.15) is 0 Å². The number of aromatic nitrogens is 3. The first-order valence-corrected chi connectivity index (χ1v) is 6.82. The normalized spacial score (nSPS) is 10.7. The number of hydrogen-bond acceptors (Lipinski definition) is 5. The van der Waals surface area contributed by atoms with Crippen LogP contribution < -0.4 is 11.2 Å². The van der Waals surface area contributed by atoms with E-state index in [1.807, 2.05) is 30.3 Å². The second-order valence-corrected chi connectivity index (χ2v) is 4.86. The van der Waals surface area contributed by atoms with E-state index < -0.39 is 0 Å². The number of benzene rings is 1. The number of H-pyrrole nitrogens is 1. The standard InChI is InChI=1S/C11H12N6S2/c12-10(18)16-13-6-7-19-11-14-9(15-17-11)8-4-2-1-3-5-8/h1-6H,7H2,(H3,12,16,18)(H,14,15,17)/b13-6+. The van der Waals surface area contributed by atoms with Gasteiger partial charge in [-0.05, 0) is 12.2 Å². The van der Waals surface area contributed by atoms with Crippen LogP contribution in [0.5, 0.6) is 0 Å². The zero-order valence-electron chi connectivity index (χ0n) is 9.91. The summed E-state index contributed by atoms with van der Waals surface area (Å²) >= 11 is 6.07. The minimum atomic E-state index is 0.144. The van der Waals surface area contributed by atoms with Crippen LogP contribution in [0.4, 0.5) is 0 Å². The average molecular weight is 292 g/mol. The fraction of sp³-hybridized carbons (Fsp3) is 0.0909. The van der Waals surface area contributed by atoms with Crippen molar-refractivity contribution in [1.29, 1.82) is 0 Å². The Morgan fingerprint density at radius 1 is 1.47 bits per heavy atom. The van der Waals surface area contributed by atoms with Crippen LogP contribution in [0.25, 0.3) is 11.4 Å². The lowest BCUT2D eigenvalue weighted by molar-refractivity contribution is 0.975. The summed E-state index contributed by atoms with van der Waals surface area (Å²) in [5, 5.41) is 11.7. The third-order valence-electron chi connectivity index (χ3n) is 2.07. The molecular formula is C11H12N6S2. The van der Waals surface area contributed by atoms with E-state index in [1.54, 1.807) is 6.21 Å². The molecule has 19 heavy (non-hydrogen) atoms. The maximum atomic E-state index is 5.22. The molecule has 1 heterocycles. The smallest absolute Gasteiger partial charge is 0.209 e. The second-order valence-electron chi connectivity index (χ2n) is 3.43. The molecule has 0 saturated carbocycles. The van der Waals surface area contributed by atoms with E-state index in [1.165, 1.54) is 11.8 Å². The quantitative estimate of drug-likeness (QED) is 0.334. The van der Waals surface area contributed by atoms with Gasteiger partial charge in [-0.2, -0.15) is 5.10 Å². The van der Waals surface area contributed by atoms with E-state index in [2.05, 4.69) is 37.9 Å². The summed E-state index contributed by atoms with van der Waals surface area (Å²) in [4.78, 5) is 4.38. The van der Waals surface area contributed by atoms with Crippen LogP contribution in [-0.2, 0) is 0 Å². The highest BCUT2D eigenvalue weighted by atomic mass is 32.2.